The van der Waals surface area contributed by atoms with Crippen LogP contribution in [0.15, 0.2) is 0 Å². The molecule has 1 rings (SSSR count). The number of hydrogen-bond acceptors (Lipinski definition) is 4. The number of rotatable bonds is 7. The van der Waals surface area contributed by atoms with Gasteiger partial charge in [0, 0.05) is 19.1 Å². The topological polar surface area (TPSA) is 90.9 Å². The lowest BCUT2D eigenvalue weighted by atomic mass is 10.1. The molecule has 1 amide bonds. The molecule has 0 radical (unpaired) electrons. The lowest BCUT2D eigenvalue weighted by Crippen LogP contribution is -2.35. The number of hydrogen-bond donors (Lipinski definition) is 3. The lowest BCUT2D eigenvalue weighted by molar-refractivity contribution is 0.0919. The number of aliphatic hydroxyl groups excluding tert-OH is 1. The van der Waals surface area contributed by atoms with Crippen LogP contribution in [0.1, 0.15) is 49.6 Å². The standard InChI is InChI=1S/C11H20N4O2/c1-3-5-9-13-10(15-14-9)11(17)12-8(4-2)6-7-16/h8,16H,3-7H2,1-2H3,(H,12,17)(H,13,14,15). The van der Waals surface area contributed by atoms with Gasteiger partial charge in [0.1, 0.15) is 5.82 Å². The molecule has 1 unspecified atom stereocenters. The average molecular weight is 240 g/mol. The van der Waals surface area contributed by atoms with Crippen LogP contribution >= 0.6 is 0 Å². The molecule has 6 nitrogen and oxygen atoms in total. The predicted octanol–water partition coefficient (Wildman–Crippen LogP) is 0.648. The molecule has 0 aliphatic heterocycles. The van der Waals surface area contributed by atoms with Gasteiger partial charge >= 0.3 is 0 Å². The highest BCUT2D eigenvalue weighted by molar-refractivity contribution is 5.90. The van der Waals surface area contributed by atoms with Crippen LogP contribution in [0.5, 0.6) is 0 Å². The molecular weight excluding hydrogens is 220 g/mol. The summed E-state index contributed by atoms with van der Waals surface area (Å²) in [5.74, 6) is 0.613. The fourth-order valence-corrected chi connectivity index (χ4v) is 1.53. The van der Waals surface area contributed by atoms with Gasteiger partial charge in [0.2, 0.25) is 5.82 Å². The number of aromatic amines is 1. The molecule has 0 saturated carbocycles. The summed E-state index contributed by atoms with van der Waals surface area (Å²) in [7, 11) is 0. The monoisotopic (exact) mass is 240 g/mol. The molecular formula is C11H20N4O2. The zero-order valence-electron chi connectivity index (χ0n) is 10.4. The predicted molar refractivity (Wildman–Crippen MR) is 63.6 cm³/mol. The fraction of sp³-hybridized carbons (Fsp3) is 0.727. The molecule has 1 aromatic rings. The number of aliphatic hydroxyl groups is 1. The van der Waals surface area contributed by atoms with Crippen LogP contribution in [0.4, 0.5) is 0 Å². The van der Waals surface area contributed by atoms with Gasteiger partial charge in [-0.15, -0.1) is 5.10 Å². The van der Waals surface area contributed by atoms with E-state index in [4.69, 9.17) is 5.11 Å². The zero-order valence-corrected chi connectivity index (χ0v) is 10.4. The number of amides is 1. The Morgan fingerprint density at radius 1 is 1.53 bits per heavy atom. The van der Waals surface area contributed by atoms with Gasteiger partial charge in [0.05, 0.1) is 0 Å². The van der Waals surface area contributed by atoms with Crippen molar-refractivity contribution >= 4 is 5.91 Å². The van der Waals surface area contributed by atoms with E-state index in [0.717, 1.165) is 25.1 Å². The van der Waals surface area contributed by atoms with Crippen molar-refractivity contribution in [2.45, 2.75) is 45.6 Å². The summed E-state index contributed by atoms with van der Waals surface area (Å²) in [6.07, 6.45) is 3.07. The summed E-state index contributed by atoms with van der Waals surface area (Å²) in [6, 6.07) is -0.0272. The Bertz CT molecular complexity index is 351. The smallest absolute Gasteiger partial charge is 0.291 e. The highest BCUT2D eigenvalue weighted by atomic mass is 16.3. The van der Waals surface area contributed by atoms with E-state index in [2.05, 4.69) is 20.5 Å². The molecule has 0 bridgehead atoms. The molecule has 96 valence electrons. The molecule has 0 aliphatic rings. The van der Waals surface area contributed by atoms with Gasteiger partial charge in [-0.2, -0.15) is 0 Å². The second-order valence-corrected chi connectivity index (χ2v) is 3.95. The lowest BCUT2D eigenvalue weighted by Gasteiger charge is -2.13. The molecule has 1 atom stereocenters. The van der Waals surface area contributed by atoms with E-state index in [1.165, 1.54) is 0 Å². The maximum absolute atomic E-state index is 11.8. The van der Waals surface area contributed by atoms with Crippen molar-refractivity contribution in [1.29, 1.82) is 0 Å². The first-order valence-corrected chi connectivity index (χ1v) is 6.04. The van der Waals surface area contributed by atoms with Crippen LogP contribution < -0.4 is 5.32 Å². The maximum Gasteiger partial charge on any atom is 0.291 e. The van der Waals surface area contributed by atoms with E-state index in [0.29, 0.717) is 6.42 Å². The van der Waals surface area contributed by atoms with Crippen LogP contribution in [-0.4, -0.2) is 38.8 Å². The molecule has 1 aromatic heterocycles. The summed E-state index contributed by atoms with van der Waals surface area (Å²) < 4.78 is 0. The van der Waals surface area contributed by atoms with E-state index in [1.54, 1.807) is 0 Å². The van der Waals surface area contributed by atoms with Crippen LogP contribution in [0, 0.1) is 0 Å². The molecule has 0 fully saturated rings. The van der Waals surface area contributed by atoms with Crippen LogP contribution in [0.25, 0.3) is 0 Å². The summed E-state index contributed by atoms with van der Waals surface area (Å²) in [5, 5.41) is 18.2. The summed E-state index contributed by atoms with van der Waals surface area (Å²) >= 11 is 0. The molecule has 17 heavy (non-hydrogen) atoms. The van der Waals surface area contributed by atoms with Crippen molar-refractivity contribution in [2.24, 2.45) is 0 Å². The van der Waals surface area contributed by atoms with Gasteiger partial charge in [-0.25, -0.2) is 4.98 Å². The third-order valence-electron chi connectivity index (χ3n) is 2.53. The first-order chi connectivity index (χ1) is 8.21. The highest BCUT2D eigenvalue weighted by Gasteiger charge is 2.15. The van der Waals surface area contributed by atoms with Crippen molar-refractivity contribution in [3.63, 3.8) is 0 Å². The van der Waals surface area contributed by atoms with Crippen LogP contribution in [-0.2, 0) is 6.42 Å². The Kier molecular flexibility index (Phi) is 5.62. The number of carbonyl (C=O) groups is 1. The van der Waals surface area contributed by atoms with Gasteiger partial charge in [-0.1, -0.05) is 13.8 Å². The SMILES string of the molecule is CCCc1nc(C(=O)NC(CC)CCO)n[nH]1. The normalized spacial score (nSPS) is 12.4. The second-order valence-electron chi connectivity index (χ2n) is 3.95. The van der Waals surface area contributed by atoms with Crippen molar-refractivity contribution in [3.05, 3.63) is 11.6 Å². The van der Waals surface area contributed by atoms with E-state index in [1.807, 2.05) is 13.8 Å². The third-order valence-corrected chi connectivity index (χ3v) is 2.53. The van der Waals surface area contributed by atoms with E-state index in [9.17, 15) is 4.79 Å². The van der Waals surface area contributed by atoms with Gasteiger partial charge in [-0.05, 0) is 19.3 Å². The van der Waals surface area contributed by atoms with Gasteiger partial charge in [-0.3, -0.25) is 9.89 Å². The molecule has 0 aromatic carbocycles. The molecule has 0 spiro atoms. The number of H-pyrrole nitrogens is 1. The Labute approximate surface area is 101 Å². The van der Waals surface area contributed by atoms with E-state index < -0.39 is 0 Å². The first kappa shape index (κ1) is 13.6. The average Bonchev–Trinajstić information content (AvgIpc) is 2.77. The third kappa shape index (κ3) is 4.14. The number of aromatic nitrogens is 3. The molecule has 6 heteroatoms. The minimum absolute atomic E-state index is 0.0272. The van der Waals surface area contributed by atoms with E-state index in [-0.39, 0.29) is 24.4 Å². The number of carbonyl (C=O) groups excluding carboxylic acids is 1. The molecule has 0 aliphatic carbocycles. The van der Waals surface area contributed by atoms with Gasteiger partial charge in [0.15, 0.2) is 0 Å². The number of nitrogens with one attached hydrogen (secondary N) is 2. The molecule has 1 heterocycles. The minimum atomic E-state index is -0.288. The van der Waals surface area contributed by atoms with E-state index >= 15 is 0 Å². The van der Waals surface area contributed by atoms with Crippen molar-refractivity contribution < 1.29 is 9.90 Å². The molecule has 0 saturated heterocycles. The van der Waals surface area contributed by atoms with Gasteiger partial charge in [0.25, 0.3) is 5.91 Å². The maximum atomic E-state index is 11.8. The summed E-state index contributed by atoms with van der Waals surface area (Å²) in [5.41, 5.74) is 0. The zero-order chi connectivity index (χ0) is 12.7. The van der Waals surface area contributed by atoms with Crippen LogP contribution in [0.3, 0.4) is 0 Å². The van der Waals surface area contributed by atoms with Crippen molar-refractivity contribution in [2.75, 3.05) is 6.61 Å². The highest BCUT2D eigenvalue weighted by Crippen LogP contribution is 2.00. The van der Waals surface area contributed by atoms with Crippen molar-refractivity contribution in [1.82, 2.24) is 20.5 Å². The largest absolute Gasteiger partial charge is 0.396 e. The fourth-order valence-electron chi connectivity index (χ4n) is 1.53. The Balaban J connectivity index is 2.55. The Morgan fingerprint density at radius 2 is 2.29 bits per heavy atom. The second kappa shape index (κ2) is 7.01. The number of nitrogens with zero attached hydrogens (tertiary/aromatic N) is 2. The quantitative estimate of drug-likeness (QED) is 0.652. The number of aryl methyl sites for hydroxylation is 1. The Morgan fingerprint density at radius 3 is 2.88 bits per heavy atom. The van der Waals surface area contributed by atoms with Crippen molar-refractivity contribution in [3.8, 4) is 0 Å². The van der Waals surface area contributed by atoms with Gasteiger partial charge < -0.3 is 10.4 Å². The summed E-state index contributed by atoms with van der Waals surface area (Å²) in [6.45, 7) is 4.06. The molecule has 3 N–H and O–H groups in total. The minimum Gasteiger partial charge on any atom is -0.396 e. The summed E-state index contributed by atoms with van der Waals surface area (Å²) in [4.78, 5) is 15.9. The first-order valence-electron chi connectivity index (χ1n) is 6.04. The Hall–Kier alpha value is -1.43. The van der Waals surface area contributed by atoms with Crippen LogP contribution in [0.2, 0.25) is 0 Å².